The van der Waals surface area contributed by atoms with Crippen LogP contribution < -0.4 is 10.2 Å². The Morgan fingerprint density at radius 1 is 0.969 bits per heavy atom. The quantitative estimate of drug-likeness (QED) is 0.331. The molecule has 0 saturated heterocycles. The van der Waals surface area contributed by atoms with Gasteiger partial charge in [-0.2, -0.15) is 0 Å². The Balaban J connectivity index is 1.83. The van der Waals surface area contributed by atoms with E-state index in [1.165, 1.54) is 36.4 Å². The van der Waals surface area contributed by atoms with Crippen LogP contribution in [-0.4, -0.2) is 16.7 Å². The van der Waals surface area contributed by atoms with Crippen molar-refractivity contribution in [1.82, 2.24) is 0 Å². The molecule has 4 rings (SSSR count). The number of benzene rings is 3. The molecule has 1 aliphatic heterocycles. The molecule has 0 aromatic heterocycles. The standard InChI is InChI=1S/C23H15ClFN3O4/c1-13-12-15(24)4-11-19(13)26-21-20(14-2-7-18(8-3-14)28(31)32)22(29)27(23(21)30)17-9-5-16(25)6-10-17/h2-12,26H,1H3. The number of carbonyl (C=O) groups is 2. The molecular formula is C23H15ClFN3O4. The molecule has 1 aliphatic rings. The molecule has 160 valence electrons. The zero-order chi connectivity index (χ0) is 23.0. The first-order chi connectivity index (χ1) is 15.3. The maximum atomic E-state index is 13.4. The summed E-state index contributed by atoms with van der Waals surface area (Å²) in [6.07, 6.45) is 0. The second-order valence-corrected chi connectivity index (χ2v) is 7.50. The number of rotatable bonds is 5. The van der Waals surface area contributed by atoms with E-state index in [1.807, 2.05) is 0 Å². The number of hydrogen-bond donors (Lipinski definition) is 1. The van der Waals surface area contributed by atoms with Crippen LogP contribution in [0, 0.1) is 22.9 Å². The first-order valence-corrected chi connectivity index (χ1v) is 9.80. The predicted octanol–water partition coefficient (Wildman–Crippen LogP) is 5.09. The normalized spacial score (nSPS) is 13.7. The van der Waals surface area contributed by atoms with Crippen LogP contribution in [-0.2, 0) is 9.59 Å². The van der Waals surface area contributed by atoms with Crippen molar-refractivity contribution in [2.75, 3.05) is 10.2 Å². The topological polar surface area (TPSA) is 92.6 Å². The monoisotopic (exact) mass is 451 g/mol. The largest absolute Gasteiger partial charge is 0.350 e. The van der Waals surface area contributed by atoms with Crippen LogP contribution in [0.2, 0.25) is 5.02 Å². The van der Waals surface area contributed by atoms with E-state index >= 15 is 0 Å². The molecule has 2 amide bonds. The number of nitro groups is 1. The minimum Gasteiger partial charge on any atom is -0.350 e. The lowest BCUT2D eigenvalue weighted by Crippen LogP contribution is -2.32. The number of anilines is 2. The van der Waals surface area contributed by atoms with Gasteiger partial charge in [0.1, 0.15) is 11.5 Å². The number of nitrogens with one attached hydrogen (secondary N) is 1. The van der Waals surface area contributed by atoms with Crippen LogP contribution >= 0.6 is 11.6 Å². The van der Waals surface area contributed by atoms with Gasteiger partial charge in [0, 0.05) is 22.8 Å². The third kappa shape index (κ3) is 3.83. The average Bonchev–Trinajstić information content (AvgIpc) is 3.00. The molecule has 7 nitrogen and oxygen atoms in total. The number of aryl methyl sites for hydroxylation is 1. The summed E-state index contributed by atoms with van der Waals surface area (Å²) in [5.41, 5.74) is 1.73. The Hall–Kier alpha value is -4.04. The van der Waals surface area contributed by atoms with Crippen molar-refractivity contribution in [2.24, 2.45) is 0 Å². The van der Waals surface area contributed by atoms with E-state index in [1.54, 1.807) is 25.1 Å². The lowest BCUT2D eigenvalue weighted by Gasteiger charge is -2.15. The van der Waals surface area contributed by atoms with Gasteiger partial charge in [-0.15, -0.1) is 0 Å². The zero-order valence-corrected chi connectivity index (χ0v) is 17.4. The summed E-state index contributed by atoms with van der Waals surface area (Å²) < 4.78 is 13.4. The number of halogens is 2. The van der Waals surface area contributed by atoms with Crippen LogP contribution in [0.1, 0.15) is 11.1 Å². The Morgan fingerprint density at radius 3 is 2.22 bits per heavy atom. The fourth-order valence-electron chi connectivity index (χ4n) is 3.39. The molecule has 1 N–H and O–H groups in total. The molecule has 32 heavy (non-hydrogen) atoms. The Labute approximate surface area is 186 Å². The van der Waals surface area contributed by atoms with Gasteiger partial charge in [-0.1, -0.05) is 11.6 Å². The van der Waals surface area contributed by atoms with Gasteiger partial charge in [0.25, 0.3) is 17.5 Å². The summed E-state index contributed by atoms with van der Waals surface area (Å²) >= 11 is 6.01. The smallest absolute Gasteiger partial charge is 0.282 e. The lowest BCUT2D eigenvalue weighted by atomic mass is 10.0. The van der Waals surface area contributed by atoms with Crippen molar-refractivity contribution < 1.29 is 18.9 Å². The van der Waals surface area contributed by atoms with Crippen LogP contribution in [0.4, 0.5) is 21.5 Å². The van der Waals surface area contributed by atoms with E-state index in [9.17, 15) is 24.1 Å². The zero-order valence-electron chi connectivity index (χ0n) is 16.6. The molecule has 0 fully saturated rings. The van der Waals surface area contributed by atoms with E-state index in [-0.39, 0.29) is 22.6 Å². The Morgan fingerprint density at radius 2 is 1.62 bits per heavy atom. The molecule has 9 heteroatoms. The molecule has 0 bridgehead atoms. The van der Waals surface area contributed by atoms with Gasteiger partial charge >= 0.3 is 0 Å². The van der Waals surface area contributed by atoms with Crippen molar-refractivity contribution >= 4 is 46.1 Å². The SMILES string of the molecule is Cc1cc(Cl)ccc1NC1=C(c2ccc([N+](=O)[O-])cc2)C(=O)N(c2ccc(F)cc2)C1=O. The molecular weight excluding hydrogens is 437 g/mol. The molecule has 0 unspecified atom stereocenters. The Bertz CT molecular complexity index is 1290. The maximum absolute atomic E-state index is 13.4. The van der Waals surface area contributed by atoms with Crippen molar-refractivity contribution in [3.63, 3.8) is 0 Å². The fraction of sp³-hybridized carbons (Fsp3) is 0.0435. The summed E-state index contributed by atoms with van der Waals surface area (Å²) in [6, 6.07) is 15.3. The minimum atomic E-state index is -0.635. The van der Waals surface area contributed by atoms with Crippen molar-refractivity contribution in [1.29, 1.82) is 0 Å². The predicted molar refractivity (Wildman–Crippen MR) is 119 cm³/mol. The first kappa shape index (κ1) is 21.2. The van der Waals surface area contributed by atoms with E-state index in [0.717, 1.165) is 22.6 Å². The van der Waals surface area contributed by atoms with Gasteiger partial charge in [-0.05, 0) is 72.6 Å². The molecule has 3 aromatic carbocycles. The number of non-ortho nitro benzene ring substituents is 1. The lowest BCUT2D eigenvalue weighted by molar-refractivity contribution is -0.384. The number of imide groups is 1. The highest BCUT2D eigenvalue weighted by atomic mass is 35.5. The second kappa shape index (κ2) is 8.24. The van der Waals surface area contributed by atoms with E-state index in [2.05, 4.69) is 5.32 Å². The minimum absolute atomic E-state index is 0.00130. The maximum Gasteiger partial charge on any atom is 0.282 e. The fourth-order valence-corrected chi connectivity index (χ4v) is 3.62. The van der Waals surface area contributed by atoms with Crippen LogP contribution in [0.25, 0.3) is 5.57 Å². The van der Waals surface area contributed by atoms with Gasteiger partial charge in [0.15, 0.2) is 0 Å². The molecule has 3 aromatic rings. The first-order valence-electron chi connectivity index (χ1n) is 9.43. The molecule has 0 saturated carbocycles. The summed E-state index contributed by atoms with van der Waals surface area (Å²) in [5.74, 6) is -1.78. The molecule has 0 radical (unpaired) electrons. The van der Waals surface area contributed by atoms with Gasteiger partial charge in [0.05, 0.1) is 16.2 Å². The highest BCUT2D eigenvalue weighted by Gasteiger charge is 2.40. The number of carbonyl (C=O) groups excluding carboxylic acids is 2. The van der Waals surface area contributed by atoms with Gasteiger partial charge in [-0.25, -0.2) is 9.29 Å². The van der Waals surface area contributed by atoms with Crippen LogP contribution in [0.3, 0.4) is 0 Å². The van der Waals surface area contributed by atoms with Crippen LogP contribution in [0.15, 0.2) is 72.4 Å². The average molecular weight is 452 g/mol. The third-order valence-corrected chi connectivity index (χ3v) is 5.22. The van der Waals surface area contributed by atoms with E-state index in [0.29, 0.717) is 16.3 Å². The molecule has 0 aliphatic carbocycles. The molecule has 0 spiro atoms. The van der Waals surface area contributed by atoms with Gasteiger partial charge in [0.2, 0.25) is 0 Å². The van der Waals surface area contributed by atoms with E-state index in [4.69, 9.17) is 11.6 Å². The van der Waals surface area contributed by atoms with Crippen LogP contribution in [0.5, 0.6) is 0 Å². The Kier molecular flexibility index (Phi) is 5.46. The summed E-state index contributed by atoms with van der Waals surface area (Å²) in [7, 11) is 0. The van der Waals surface area contributed by atoms with E-state index < -0.39 is 22.6 Å². The summed E-state index contributed by atoms with van der Waals surface area (Å²) in [4.78, 5) is 38.0. The summed E-state index contributed by atoms with van der Waals surface area (Å²) in [5, 5.41) is 14.5. The molecule has 0 atom stereocenters. The van der Waals surface area contributed by atoms with Gasteiger partial charge < -0.3 is 5.32 Å². The number of amides is 2. The van der Waals surface area contributed by atoms with Crippen molar-refractivity contribution in [2.45, 2.75) is 6.92 Å². The number of nitrogens with zero attached hydrogens (tertiary/aromatic N) is 2. The summed E-state index contributed by atoms with van der Waals surface area (Å²) in [6.45, 7) is 1.79. The highest BCUT2D eigenvalue weighted by Crippen LogP contribution is 2.35. The number of hydrogen-bond acceptors (Lipinski definition) is 5. The highest BCUT2D eigenvalue weighted by molar-refractivity contribution is 6.46. The number of nitro benzene ring substituents is 1. The second-order valence-electron chi connectivity index (χ2n) is 7.06. The van der Waals surface area contributed by atoms with Gasteiger partial charge in [-0.3, -0.25) is 19.7 Å². The third-order valence-electron chi connectivity index (χ3n) is 4.98. The molecule has 1 heterocycles. The van der Waals surface area contributed by atoms with Crippen molar-refractivity contribution in [3.05, 3.63) is 105 Å². The van der Waals surface area contributed by atoms with Crippen molar-refractivity contribution in [3.8, 4) is 0 Å².